The molecular formula is C13H23N3O4S. The average Bonchev–Trinajstić information content (AvgIpc) is 2.66. The Bertz CT molecular complexity index is 584. The zero-order valence-electron chi connectivity index (χ0n) is 12.6. The Morgan fingerprint density at radius 3 is 2.67 bits per heavy atom. The lowest BCUT2D eigenvalue weighted by atomic mass is 10.1. The van der Waals surface area contributed by atoms with Crippen LogP contribution in [0.2, 0.25) is 0 Å². The van der Waals surface area contributed by atoms with Crippen LogP contribution in [-0.4, -0.2) is 48.7 Å². The molecule has 120 valence electrons. The van der Waals surface area contributed by atoms with Gasteiger partial charge in [-0.15, -0.1) is 0 Å². The molecule has 8 heteroatoms. The second-order valence-corrected chi connectivity index (χ2v) is 7.21. The van der Waals surface area contributed by atoms with Gasteiger partial charge in [-0.3, -0.25) is 4.68 Å². The van der Waals surface area contributed by atoms with Crippen LogP contribution < -0.4 is 4.72 Å². The van der Waals surface area contributed by atoms with Gasteiger partial charge in [0.05, 0.1) is 23.9 Å². The lowest BCUT2D eigenvalue weighted by Crippen LogP contribution is -2.47. The summed E-state index contributed by atoms with van der Waals surface area (Å²) in [7, 11) is -0.488. The van der Waals surface area contributed by atoms with Crippen molar-refractivity contribution in [2.45, 2.75) is 55.8 Å². The Hall–Kier alpha value is -0.960. The van der Waals surface area contributed by atoms with Gasteiger partial charge in [0.2, 0.25) is 10.0 Å². The van der Waals surface area contributed by atoms with E-state index in [9.17, 15) is 13.5 Å². The molecule has 0 aromatic carbocycles. The van der Waals surface area contributed by atoms with E-state index in [0.29, 0.717) is 12.1 Å². The van der Waals surface area contributed by atoms with Crippen LogP contribution in [0.4, 0.5) is 0 Å². The number of hydrogen-bond donors (Lipinski definition) is 2. The van der Waals surface area contributed by atoms with Gasteiger partial charge in [-0.05, 0) is 19.8 Å². The van der Waals surface area contributed by atoms with Crippen LogP contribution in [0.1, 0.15) is 31.4 Å². The zero-order chi connectivity index (χ0) is 15.6. The molecule has 21 heavy (non-hydrogen) atoms. The van der Waals surface area contributed by atoms with Crippen molar-refractivity contribution in [2.75, 3.05) is 7.11 Å². The van der Waals surface area contributed by atoms with Crippen LogP contribution in [0.5, 0.6) is 0 Å². The maximum atomic E-state index is 12.5. The van der Waals surface area contributed by atoms with Gasteiger partial charge in [-0.1, -0.05) is 12.8 Å². The van der Waals surface area contributed by atoms with Gasteiger partial charge < -0.3 is 9.84 Å². The van der Waals surface area contributed by atoms with E-state index in [1.807, 2.05) is 0 Å². The molecule has 1 saturated carbocycles. The highest BCUT2D eigenvalue weighted by Crippen LogP contribution is 2.23. The van der Waals surface area contributed by atoms with Gasteiger partial charge in [-0.25, -0.2) is 13.1 Å². The fourth-order valence-electron chi connectivity index (χ4n) is 2.80. The van der Waals surface area contributed by atoms with Crippen LogP contribution in [0, 0.1) is 6.92 Å². The molecular weight excluding hydrogens is 294 g/mol. The molecule has 7 nitrogen and oxygen atoms in total. The molecule has 1 fully saturated rings. The van der Waals surface area contributed by atoms with E-state index in [1.165, 1.54) is 18.0 Å². The lowest BCUT2D eigenvalue weighted by Gasteiger charge is -2.26. The molecule has 3 atom stereocenters. The lowest BCUT2D eigenvalue weighted by molar-refractivity contribution is -0.0252. The SMILES string of the molecule is CO[C@@H]1CCCC[C@@H](NS(=O)(=O)c2cn(C)nc2C)[C@H]1O. The molecule has 0 aliphatic heterocycles. The molecule has 1 aromatic rings. The highest BCUT2D eigenvalue weighted by Gasteiger charge is 2.34. The Labute approximate surface area is 125 Å². The normalized spacial score (nSPS) is 27.5. The van der Waals surface area contributed by atoms with Crippen LogP contribution >= 0.6 is 0 Å². The minimum atomic E-state index is -3.70. The average molecular weight is 317 g/mol. The molecule has 1 aliphatic carbocycles. The van der Waals surface area contributed by atoms with Crippen molar-refractivity contribution in [3.8, 4) is 0 Å². The molecule has 1 aliphatic rings. The number of aromatic nitrogens is 2. The minimum Gasteiger partial charge on any atom is -0.389 e. The number of aliphatic hydroxyl groups is 1. The summed E-state index contributed by atoms with van der Waals surface area (Å²) in [5, 5.41) is 14.4. The summed E-state index contributed by atoms with van der Waals surface area (Å²) in [6.45, 7) is 1.65. The third-order valence-corrected chi connectivity index (χ3v) is 5.51. The first kappa shape index (κ1) is 16.4. The van der Waals surface area contributed by atoms with Crippen molar-refractivity contribution in [1.29, 1.82) is 0 Å². The van der Waals surface area contributed by atoms with Crippen molar-refractivity contribution in [3.63, 3.8) is 0 Å². The summed E-state index contributed by atoms with van der Waals surface area (Å²) in [4.78, 5) is 0.149. The first-order chi connectivity index (χ1) is 9.85. The predicted octanol–water partition coefficient (Wildman–Crippen LogP) is 0.325. The molecule has 0 saturated heterocycles. The number of hydrogen-bond acceptors (Lipinski definition) is 5. The first-order valence-electron chi connectivity index (χ1n) is 7.08. The molecule has 0 amide bonds. The Morgan fingerprint density at radius 2 is 2.10 bits per heavy atom. The number of nitrogens with zero attached hydrogens (tertiary/aromatic N) is 2. The summed E-state index contributed by atoms with van der Waals surface area (Å²) < 4.78 is 34.3. The van der Waals surface area contributed by atoms with Gasteiger partial charge in [0, 0.05) is 20.4 Å². The first-order valence-corrected chi connectivity index (χ1v) is 8.57. The number of aryl methyl sites for hydroxylation is 2. The maximum Gasteiger partial charge on any atom is 0.244 e. The molecule has 1 aromatic heterocycles. The van der Waals surface area contributed by atoms with E-state index in [1.54, 1.807) is 14.0 Å². The van der Waals surface area contributed by atoms with Crippen LogP contribution in [0.15, 0.2) is 11.1 Å². The van der Waals surface area contributed by atoms with Crippen molar-refractivity contribution in [1.82, 2.24) is 14.5 Å². The molecule has 2 rings (SSSR count). The second-order valence-electron chi connectivity index (χ2n) is 5.53. The van der Waals surface area contributed by atoms with Gasteiger partial charge in [-0.2, -0.15) is 5.10 Å². The third kappa shape index (κ3) is 3.63. The van der Waals surface area contributed by atoms with Gasteiger partial charge in [0.1, 0.15) is 4.90 Å². The predicted molar refractivity (Wildman–Crippen MR) is 77.3 cm³/mol. The monoisotopic (exact) mass is 317 g/mol. The highest BCUT2D eigenvalue weighted by molar-refractivity contribution is 7.89. The van der Waals surface area contributed by atoms with Crippen molar-refractivity contribution in [2.24, 2.45) is 7.05 Å². The summed E-state index contributed by atoms with van der Waals surface area (Å²) in [6, 6.07) is -0.540. The summed E-state index contributed by atoms with van der Waals surface area (Å²) in [6.07, 6.45) is 3.39. The van der Waals surface area contributed by atoms with Crippen LogP contribution in [0.3, 0.4) is 0 Å². The summed E-state index contributed by atoms with van der Waals surface area (Å²) >= 11 is 0. The minimum absolute atomic E-state index is 0.149. The third-order valence-electron chi connectivity index (χ3n) is 3.91. The summed E-state index contributed by atoms with van der Waals surface area (Å²) in [5.74, 6) is 0. The largest absolute Gasteiger partial charge is 0.389 e. The van der Waals surface area contributed by atoms with Crippen molar-refractivity contribution >= 4 is 10.0 Å². The number of methoxy groups -OCH3 is 1. The van der Waals surface area contributed by atoms with E-state index in [2.05, 4.69) is 9.82 Å². The van der Waals surface area contributed by atoms with E-state index < -0.39 is 22.2 Å². The molecule has 0 spiro atoms. The quantitative estimate of drug-likeness (QED) is 0.780. The number of ether oxygens (including phenoxy) is 1. The smallest absolute Gasteiger partial charge is 0.244 e. The van der Waals surface area contributed by atoms with Crippen LogP contribution in [0.25, 0.3) is 0 Å². The number of aliphatic hydroxyl groups excluding tert-OH is 1. The second kappa shape index (κ2) is 6.43. The van der Waals surface area contributed by atoms with Crippen molar-refractivity contribution in [3.05, 3.63) is 11.9 Å². The molecule has 0 bridgehead atoms. The van der Waals surface area contributed by atoms with Gasteiger partial charge >= 0.3 is 0 Å². The summed E-state index contributed by atoms with van der Waals surface area (Å²) in [5.41, 5.74) is 0.441. The Morgan fingerprint density at radius 1 is 1.43 bits per heavy atom. The fourth-order valence-corrected chi connectivity index (χ4v) is 4.30. The molecule has 2 N–H and O–H groups in total. The van der Waals surface area contributed by atoms with E-state index in [4.69, 9.17) is 4.74 Å². The van der Waals surface area contributed by atoms with E-state index >= 15 is 0 Å². The van der Waals surface area contributed by atoms with Gasteiger partial charge in [0.15, 0.2) is 0 Å². The number of rotatable bonds is 4. The van der Waals surface area contributed by atoms with Crippen molar-refractivity contribution < 1.29 is 18.3 Å². The molecule has 0 radical (unpaired) electrons. The molecule has 1 heterocycles. The van der Waals surface area contributed by atoms with Gasteiger partial charge in [0.25, 0.3) is 0 Å². The number of nitrogens with one attached hydrogen (secondary N) is 1. The highest BCUT2D eigenvalue weighted by atomic mass is 32.2. The van der Waals surface area contributed by atoms with E-state index in [0.717, 1.165) is 19.3 Å². The standard InChI is InChI=1S/C13H23N3O4S/c1-9-12(8-16(2)14-9)21(18,19)15-10-6-4-5-7-11(20-3)13(10)17/h8,10-11,13,15,17H,4-7H2,1-3H3/t10-,11-,13-/m1/s1. The van der Waals surface area contributed by atoms with E-state index in [-0.39, 0.29) is 11.0 Å². The Kier molecular flexibility index (Phi) is 5.03. The molecule has 0 unspecified atom stereocenters. The van der Waals surface area contributed by atoms with Crippen LogP contribution in [-0.2, 0) is 21.8 Å². The Balaban J connectivity index is 2.20. The maximum absolute atomic E-state index is 12.5. The topological polar surface area (TPSA) is 93.5 Å². The number of sulfonamides is 1. The fraction of sp³-hybridized carbons (Fsp3) is 0.769. The zero-order valence-corrected chi connectivity index (χ0v) is 13.4.